The van der Waals surface area contributed by atoms with Gasteiger partial charge in [0.05, 0.1) is 0 Å². The lowest BCUT2D eigenvalue weighted by atomic mass is 9.86. The second kappa shape index (κ2) is 4.76. The number of rotatable bonds is 1. The summed E-state index contributed by atoms with van der Waals surface area (Å²) in [6.07, 6.45) is 2.24. The lowest BCUT2D eigenvalue weighted by Gasteiger charge is -2.26. The second-order valence-electron chi connectivity index (χ2n) is 4.59. The molecule has 0 bridgehead atoms. The molecule has 0 saturated carbocycles. The lowest BCUT2D eigenvalue weighted by molar-refractivity contribution is 0.420. The summed E-state index contributed by atoms with van der Waals surface area (Å²) in [5.74, 6) is 0.992. The molecule has 0 radical (unpaired) electrons. The Morgan fingerprint density at radius 2 is 1.94 bits per heavy atom. The average Bonchev–Trinajstić information content (AvgIpc) is 2.28. The first-order chi connectivity index (χ1) is 7.61. The summed E-state index contributed by atoms with van der Waals surface area (Å²) in [5, 5.41) is 13.6. The molecule has 0 atom stereocenters. The van der Waals surface area contributed by atoms with Crippen LogP contribution in [-0.2, 0) is 0 Å². The van der Waals surface area contributed by atoms with Crippen LogP contribution in [0.5, 0.6) is 5.75 Å². The van der Waals surface area contributed by atoms with Gasteiger partial charge in [-0.2, -0.15) is 0 Å². The Bertz CT molecular complexity index is 397. The number of benzene rings is 1. The van der Waals surface area contributed by atoms with Crippen LogP contribution in [0.3, 0.4) is 0 Å². The Kier molecular flexibility index (Phi) is 3.55. The summed E-state index contributed by atoms with van der Waals surface area (Å²) in [7, 11) is 0. The molecular formula is C13H18BrNO. The van der Waals surface area contributed by atoms with Crippen molar-refractivity contribution in [1.29, 1.82) is 0 Å². The Labute approximate surface area is 105 Å². The maximum Gasteiger partial charge on any atom is 0.123 e. The van der Waals surface area contributed by atoms with Gasteiger partial charge in [0.15, 0.2) is 0 Å². The Morgan fingerprint density at radius 3 is 2.56 bits per heavy atom. The van der Waals surface area contributed by atoms with Crippen molar-refractivity contribution in [2.24, 2.45) is 0 Å². The molecule has 2 rings (SSSR count). The summed E-state index contributed by atoms with van der Waals surface area (Å²) < 4.78 is 1.00. The molecule has 1 fully saturated rings. The van der Waals surface area contributed by atoms with Crippen molar-refractivity contribution in [3.63, 3.8) is 0 Å². The zero-order valence-electron chi connectivity index (χ0n) is 9.81. The lowest BCUT2D eigenvalue weighted by Crippen LogP contribution is -2.27. The summed E-state index contributed by atoms with van der Waals surface area (Å²) in [5.41, 5.74) is 3.31. The molecule has 0 spiro atoms. The summed E-state index contributed by atoms with van der Waals surface area (Å²) in [6.45, 7) is 6.15. The fraction of sp³-hybridized carbons (Fsp3) is 0.538. The van der Waals surface area contributed by atoms with Crippen LogP contribution in [0.2, 0.25) is 0 Å². The summed E-state index contributed by atoms with van der Waals surface area (Å²) >= 11 is 3.48. The zero-order valence-corrected chi connectivity index (χ0v) is 11.4. The Morgan fingerprint density at radius 1 is 1.31 bits per heavy atom. The number of hydrogen-bond acceptors (Lipinski definition) is 2. The number of hydrogen-bond donors (Lipinski definition) is 2. The van der Waals surface area contributed by atoms with Gasteiger partial charge in [0.2, 0.25) is 0 Å². The standard InChI is InChI=1S/C13H18BrNO/c1-8-7-11(14)9(2)13(16)12(8)10-3-5-15-6-4-10/h7,10,15-16H,3-6H2,1-2H3. The number of halogens is 1. The Balaban J connectivity index is 2.42. The van der Waals surface area contributed by atoms with Crippen LogP contribution in [-0.4, -0.2) is 18.2 Å². The van der Waals surface area contributed by atoms with Gasteiger partial charge in [0.25, 0.3) is 0 Å². The van der Waals surface area contributed by atoms with Gasteiger partial charge in [-0.3, -0.25) is 0 Å². The molecule has 0 amide bonds. The SMILES string of the molecule is Cc1cc(Br)c(C)c(O)c1C1CCNCC1. The number of aryl methyl sites for hydroxylation is 1. The fourth-order valence-corrected chi connectivity index (χ4v) is 3.04. The van der Waals surface area contributed by atoms with E-state index in [-0.39, 0.29) is 0 Å². The van der Waals surface area contributed by atoms with E-state index in [0.29, 0.717) is 11.7 Å². The number of phenols is 1. The molecule has 1 aromatic rings. The maximum absolute atomic E-state index is 10.3. The molecule has 1 aliphatic rings. The van der Waals surface area contributed by atoms with Crippen LogP contribution >= 0.6 is 15.9 Å². The van der Waals surface area contributed by atoms with Gasteiger partial charge in [-0.25, -0.2) is 0 Å². The van der Waals surface area contributed by atoms with Crippen LogP contribution in [0.15, 0.2) is 10.5 Å². The van der Waals surface area contributed by atoms with Crippen molar-refractivity contribution < 1.29 is 5.11 Å². The molecule has 1 heterocycles. The van der Waals surface area contributed by atoms with Crippen LogP contribution in [0, 0.1) is 13.8 Å². The van der Waals surface area contributed by atoms with Gasteiger partial charge >= 0.3 is 0 Å². The van der Waals surface area contributed by atoms with Gasteiger partial charge in [0, 0.05) is 15.6 Å². The molecule has 0 unspecified atom stereocenters. The first-order valence-electron chi connectivity index (χ1n) is 5.80. The van der Waals surface area contributed by atoms with Crippen molar-refractivity contribution in [2.45, 2.75) is 32.6 Å². The normalized spacial score (nSPS) is 17.7. The topological polar surface area (TPSA) is 32.3 Å². The first kappa shape index (κ1) is 11.9. The average molecular weight is 284 g/mol. The number of phenolic OH excluding ortho intramolecular Hbond substituents is 1. The highest BCUT2D eigenvalue weighted by Crippen LogP contribution is 2.39. The molecule has 0 aromatic heterocycles. The third-order valence-electron chi connectivity index (χ3n) is 3.48. The highest BCUT2D eigenvalue weighted by atomic mass is 79.9. The molecule has 1 aliphatic heterocycles. The highest BCUT2D eigenvalue weighted by Gasteiger charge is 2.22. The van der Waals surface area contributed by atoms with Gasteiger partial charge in [0.1, 0.15) is 5.75 Å². The largest absolute Gasteiger partial charge is 0.507 e. The number of nitrogens with one attached hydrogen (secondary N) is 1. The molecule has 0 aliphatic carbocycles. The monoisotopic (exact) mass is 283 g/mol. The summed E-state index contributed by atoms with van der Waals surface area (Å²) in [6, 6.07) is 2.12. The molecule has 16 heavy (non-hydrogen) atoms. The smallest absolute Gasteiger partial charge is 0.123 e. The third kappa shape index (κ3) is 2.11. The van der Waals surface area contributed by atoms with Crippen molar-refractivity contribution in [1.82, 2.24) is 5.32 Å². The van der Waals surface area contributed by atoms with Crippen LogP contribution < -0.4 is 5.32 Å². The zero-order chi connectivity index (χ0) is 11.7. The van der Waals surface area contributed by atoms with Crippen LogP contribution in [0.1, 0.15) is 35.4 Å². The van der Waals surface area contributed by atoms with Gasteiger partial charge < -0.3 is 10.4 Å². The number of aromatic hydroxyl groups is 1. The molecule has 2 N–H and O–H groups in total. The predicted molar refractivity (Wildman–Crippen MR) is 70.1 cm³/mol. The van der Waals surface area contributed by atoms with E-state index < -0.39 is 0 Å². The molecule has 1 aromatic carbocycles. The summed E-state index contributed by atoms with van der Waals surface area (Å²) in [4.78, 5) is 0. The maximum atomic E-state index is 10.3. The minimum Gasteiger partial charge on any atom is -0.507 e. The van der Waals surface area contributed by atoms with Gasteiger partial charge in [-0.15, -0.1) is 0 Å². The van der Waals surface area contributed by atoms with E-state index in [2.05, 4.69) is 34.2 Å². The number of piperidine rings is 1. The molecule has 1 saturated heterocycles. The highest BCUT2D eigenvalue weighted by molar-refractivity contribution is 9.10. The van der Waals surface area contributed by atoms with E-state index >= 15 is 0 Å². The Hall–Kier alpha value is -0.540. The van der Waals surface area contributed by atoms with E-state index in [9.17, 15) is 5.11 Å². The minimum absolute atomic E-state index is 0.485. The van der Waals surface area contributed by atoms with E-state index in [4.69, 9.17) is 0 Å². The molecular weight excluding hydrogens is 266 g/mol. The predicted octanol–water partition coefficient (Wildman–Crippen LogP) is 3.24. The van der Waals surface area contributed by atoms with E-state index in [1.165, 1.54) is 5.56 Å². The van der Waals surface area contributed by atoms with Crippen molar-refractivity contribution in [3.8, 4) is 5.75 Å². The minimum atomic E-state index is 0.485. The van der Waals surface area contributed by atoms with Crippen molar-refractivity contribution >= 4 is 15.9 Å². The van der Waals surface area contributed by atoms with E-state index in [0.717, 1.165) is 41.5 Å². The molecule has 3 heteroatoms. The molecule has 2 nitrogen and oxygen atoms in total. The first-order valence-corrected chi connectivity index (χ1v) is 6.60. The second-order valence-corrected chi connectivity index (χ2v) is 5.44. The van der Waals surface area contributed by atoms with E-state index in [1.54, 1.807) is 0 Å². The third-order valence-corrected chi connectivity index (χ3v) is 4.31. The van der Waals surface area contributed by atoms with Crippen LogP contribution in [0.25, 0.3) is 0 Å². The van der Waals surface area contributed by atoms with Crippen molar-refractivity contribution in [3.05, 3.63) is 27.2 Å². The van der Waals surface area contributed by atoms with Crippen molar-refractivity contribution in [2.75, 3.05) is 13.1 Å². The van der Waals surface area contributed by atoms with E-state index in [1.807, 2.05) is 6.92 Å². The van der Waals surface area contributed by atoms with Gasteiger partial charge in [-0.1, -0.05) is 15.9 Å². The molecule has 88 valence electrons. The fourth-order valence-electron chi connectivity index (χ4n) is 2.50. The quantitative estimate of drug-likeness (QED) is 0.829. The van der Waals surface area contributed by atoms with Gasteiger partial charge in [-0.05, 0) is 57.3 Å². The van der Waals surface area contributed by atoms with Crippen LogP contribution in [0.4, 0.5) is 0 Å².